The fourth-order valence-electron chi connectivity index (χ4n) is 2.15. The molecule has 0 saturated carbocycles. The van der Waals surface area contributed by atoms with E-state index in [1.807, 2.05) is 24.3 Å². The van der Waals surface area contributed by atoms with Crippen molar-refractivity contribution in [3.05, 3.63) is 65.5 Å². The van der Waals surface area contributed by atoms with Crippen LogP contribution < -0.4 is 10.1 Å². The van der Waals surface area contributed by atoms with Gasteiger partial charge in [0.15, 0.2) is 0 Å². The Labute approximate surface area is 126 Å². The van der Waals surface area contributed by atoms with Crippen LogP contribution in [0.25, 0.3) is 0 Å². The zero-order valence-electron chi connectivity index (χ0n) is 12.6. The average Bonchev–Trinajstić information content (AvgIpc) is 2.51. The molecule has 0 amide bonds. The van der Waals surface area contributed by atoms with Crippen LogP contribution >= 0.6 is 0 Å². The maximum Gasteiger partial charge on any atom is 0.123 e. The number of benzene rings is 2. The second kappa shape index (κ2) is 7.79. The molecule has 0 aliphatic rings. The van der Waals surface area contributed by atoms with Crippen molar-refractivity contribution in [3.63, 3.8) is 0 Å². The van der Waals surface area contributed by atoms with Gasteiger partial charge in [0.2, 0.25) is 0 Å². The summed E-state index contributed by atoms with van der Waals surface area (Å²) in [4.78, 5) is 0. The summed E-state index contributed by atoms with van der Waals surface area (Å²) >= 11 is 0. The summed E-state index contributed by atoms with van der Waals surface area (Å²) in [5.74, 6) is 0.573. The Morgan fingerprint density at radius 2 is 1.95 bits per heavy atom. The van der Waals surface area contributed by atoms with Gasteiger partial charge < -0.3 is 10.1 Å². The molecule has 0 heterocycles. The molecule has 3 heteroatoms. The fraction of sp³-hybridized carbons (Fsp3) is 0.333. The minimum Gasteiger partial charge on any atom is -0.489 e. The number of hydrogen-bond acceptors (Lipinski definition) is 2. The molecule has 1 N–H and O–H groups in total. The lowest BCUT2D eigenvalue weighted by molar-refractivity contribution is 0.305. The third kappa shape index (κ3) is 4.87. The molecule has 1 unspecified atom stereocenters. The summed E-state index contributed by atoms with van der Waals surface area (Å²) in [7, 11) is 0. The van der Waals surface area contributed by atoms with Gasteiger partial charge in [0.25, 0.3) is 0 Å². The topological polar surface area (TPSA) is 21.3 Å². The fourth-order valence-corrected chi connectivity index (χ4v) is 2.15. The molecule has 2 rings (SSSR count). The Morgan fingerprint density at radius 3 is 2.71 bits per heavy atom. The lowest BCUT2D eigenvalue weighted by Crippen LogP contribution is -2.19. The zero-order valence-corrected chi connectivity index (χ0v) is 12.6. The smallest absolute Gasteiger partial charge is 0.123 e. The molecule has 2 nitrogen and oxygen atoms in total. The van der Waals surface area contributed by atoms with Crippen molar-refractivity contribution in [2.24, 2.45) is 0 Å². The highest BCUT2D eigenvalue weighted by atomic mass is 19.1. The molecule has 0 saturated heterocycles. The van der Waals surface area contributed by atoms with Crippen molar-refractivity contribution in [2.45, 2.75) is 32.9 Å². The van der Waals surface area contributed by atoms with Gasteiger partial charge in [0.05, 0.1) is 0 Å². The molecule has 0 aliphatic heterocycles. The van der Waals surface area contributed by atoms with Crippen LogP contribution in [0.3, 0.4) is 0 Å². The van der Waals surface area contributed by atoms with E-state index in [9.17, 15) is 4.39 Å². The Kier molecular flexibility index (Phi) is 5.76. The first-order chi connectivity index (χ1) is 10.2. The molecule has 0 fully saturated rings. The Morgan fingerprint density at radius 1 is 1.14 bits per heavy atom. The first-order valence-electron chi connectivity index (χ1n) is 7.39. The van der Waals surface area contributed by atoms with Crippen LogP contribution in [0.2, 0.25) is 0 Å². The van der Waals surface area contributed by atoms with E-state index in [0.717, 1.165) is 24.3 Å². The number of ether oxygens (including phenoxy) is 1. The van der Waals surface area contributed by atoms with Crippen molar-refractivity contribution in [1.82, 2.24) is 5.32 Å². The lowest BCUT2D eigenvalue weighted by Gasteiger charge is -2.15. The van der Waals surface area contributed by atoms with Crippen LogP contribution in [0.15, 0.2) is 48.5 Å². The van der Waals surface area contributed by atoms with Crippen LogP contribution in [0, 0.1) is 5.82 Å². The first kappa shape index (κ1) is 15.5. The van der Waals surface area contributed by atoms with Gasteiger partial charge in [-0.2, -0.15) is 0 Å². The van der Waals surface area contributed by atoms with E-state index in [1.165, 1.54) is 17.7 Å². The molecule has 0 radical (unpaired) electrons. The minimum atomic E-state index is -0.234. The van der Waals surface area contributed by atoms with Gasteiger partial charge in [0.1, 0.15) is 18.2 Å². The molecule has 112 valence electrons. The van der Waals surface area contributed by atoms with E-state index in [-0.39, 0.29) is 5.82 Å². The van der Waals surface area contributed by atoms with Gasteiger partial charge in [-0.05, 0) is 55.3 Å². The summed E-state index contributed by atoms with van der Waals surface area (Å²) in [6.45, 7) is 5.66. The van der Waals surface area contributed by atoms with Crippen molar-refractivity contribution >= 4 is 0 Å². The summed E-state index contributed by atoms with van der Waals surface area (Å²) in [6, 6.07) is 14.8. The SMILES string of the molecule is CCCNC(C)c1cccc(OCc2cccc(F)c2)c1. The quantitative estimate of drug-likeness (QED) is 0.811. The molecule has 2 aromatic rings. The normalized spacial score (nSPS) is 12.1. The molecular formula is C18H22FNO. The van der Waals surface area contributed by atoms with Crippen LogP contribution in [0.4, 0.5) is 4.39 Å². The third-order valence-electron chi connectivity index (χ3n) is 3.35. The number of halogens is 1. The van der Waals surface area contributed by atoms with E-state index < -0.39 is 0 Å². The largest absolute Gasteiger partial charge is 0.489 e. The van der Waals surface area contributed by atoms with Crippen molar-refractivity contribution in [2.75, 3.05) is 6.54 Å². The number of rotatable bonds is 7. The van der Waals surface area contributed by atoms with Gasteiger partial charge in [-0.15, -0.1) is 0 Å². The van der Waals surface area contributed by atoms with E-state index >= 15 is 0 Å². The molecule has 0 bridgehead atoms. The van der Waals surface area contributed by atoms with Gasteiger partial charge in [-0.25, -0.2) is 4.39 Å². The van der Waals surface area contributed by atoms with E-state index in [0.29, 0.717) is 12.6 Å². The number of hydrogen-bond donors (Lipinski definition) is 1. The molecule has 0 spiro atoms. The summed E-state index contributed by atoms with van der Waals surface area (Å²) in [5.41, 5.74) is 2.03. The maximum absolute atomic E-state index is 13.1. The van der Waals surface area contributed by atoms with E-state index in [2.05, 4.69) is 25.2 Å². The Bertz CT molecular complexity index is 571. The minimum absolute atomic E-state index is 0.234. The molecular weight excluding hydrogens is 265 g/mol. The highest BCUT2D eigenvalue weighted by molar-refractivity contribution is 5.30. The van der Waals surface area contributed by atoms with E-state index in [4.69, 9.17) is 4.74 Å². The predicted octanol–water partition coefficient (Wildman–Crippen LogP) is 4.47. The first-order valence-corrected chi connectivity index (χ1v) is 7.39. The standard InChI is InChI=1S/C18H22FNO/c1-3-10-20-14(2)16-7-5-9-18(12-16)21-13-15-6-4-8-17(19)11-15/h4-9,11-12,14,20H,3,10,13H2,1-2H3. The molecule has 0 aliphatic carbocycles. The second-order valence-electron chi connectivity index (χ2n) is 5.17. The van der Waals surface area contributed by atoms with Crippen molar-refractivity contribution in [3.8, 4) is 5.75 Å². The number of nitrogens with one attached hydrogen (secondary N) is 1. The maximum atomic E-state index is 13.1. The van der Waals surface area contributed by atoms with Gasteiger partial charge in [0, 0.05) is 6.04 Å². The van der Waals surface area contributed by atoms with Crippen LogP contribution in [-0.4, -0.2) is 6.54 Å². The summed E-state index contributed by atoms with van der Waals surface area (Å²) in [5, 5.41) is 3.45. The Balaban J connectivity index is 1.97. The Hall–Kier alpha value is -1.87. The summed E-state index contributed by atoms with van der Waals surface area (Å²) < 4.78 is 18.9. The van der Waals surface area contributed by atoms with Crippen LogP contribution in [0.5, 0.6) is 5.75 Å². The van der Waals surface area contributed by atoms with Crippen LogP contribution in [0.1, 0.15) is 37.4 Å². The zero-order chi connectivity index (χ0) is 15.1. The average molecular weight is 287 g/mol. The molecule has 0 aromatic heterocycles. The van der Waals surface area contributed by atoms with E-state index in [1.54, 1.807) is 6.07 Å². The molecule has 2 aromatic carbocycles. The van der Waals surface area contributed by atoms with Gasteiger partial charge in [-0.3, -0.25) is 0 Å². The predicted molar refractivity (Wildman–Crippen MR) is 83.9 cm³/mol. The monoisotopic (exact) mass is 287 g/mol. The highest BCUT2D eigenvalue weighted by Crippen LogP contribution is 2.20. The highest BCUT2D eigenvalue weighted by Gasteiger charge is 2.05. The van der Waals surface area contributed by atoms with Gasteiger partial charge >= 0.3 is 0 Å². The molecule has 1 atom stereocenters. The van der Waals surface area contributed by atoms with Gasteiger partial charge in [-0.1, -0.05) is 31.2 Å². The lowest BCUT2D eigenvalue weighted by atomic mass is 10.1. The second-order valence-corrected chi connectivity index (χ2v) is 5.17. The van der Waals surface area contributed by atoms with Crippen molar-refractivity contribution in [1.29, 1.82) is 0 Å². The molecule has 21 heavy (non-hydrogen) atoms. The van der Waals surface area contributed by atoms with Crippen molar-refractivity contribution < 1.29 is 9.13 Å². The third-order valence-corrected chi connectivity index (χ3v) is 3.35. The van der Waals surface area contributed by atoms with Crippen LogP contribution in [-0.2, 0) is 6.61 Å². The summed E-state index contributed by atoms with van der Waals surface area (Å²) in [6.07, 6.45) is 1.11.